The number of amides is 2. The molecular formula is C22H27N5O4S3. The first kappa shape index (κ1) is 25.9. The first-order chi connectivity index (χ1) is 16.0. The number of carbonyl (C=O) groups excluding carboxylic acids is 3. The van der Waals surface area contributed by atoms with Crippen LogP contribution in [0.1, 0.15) is 56.8 Å². The van der Waals surface area contributed by atoms with Crippen molar-refractivity contribution in [2.45, 2.75) is 59.3 Å². The zero-order chi connectivity index (χ0) is 25.2. The standard InChI is InChI=1S/C22H27N5O4S3/c1-7-27-19(14-8-32-13(6)11(14)4)25-26-22(27)33-9-15(28)24-20-16(21(30)31-10(2)3)12(5)17(34-20)18(23)29/h8,10H,7,9H2,1-6H3,(H2,23,29)(H,24,28). The summed E-state index contributed by atoms with van der Waals surface area (Å²) < 4.78 is 7.26. The van der Waals surface area contributed by atoms with Gasteiger partial charge in [-0.2, -0.15) is 0 Å². The zero-order valence-corrected chi connectivity index (χ0v) is 22.3. The van der Waals surface area contributed by atoms with E-state index in [9.17, 15) is 14.4 Å². The minimum atomic E-state index is -0.668. The Morgan fingerprint density at radius 3 is 2.47 bits per heavy atom. The molecule has 0 saturated heterocycles. The Morgan fingerprint density at radius 1 is 1.21 bits per heavy atom. The largest absolute Gasteiger partial charge is 0.459 e. The average molecular weight is 522 g/mol. The molecule has 9 nitrogen and oxygen atoms in total. The lowest BCUT2D eigenvalue weighted by Crippen LogP contribution is -2.18. The van der Waals surface area contributed by atoms with E-state index in [1.54, 1.807) is 32.1 Å². The number of nitrogens with one attached hydrogen (secondary N) is 1. The second-order valence-electron chi connectivity index (χ2n) is 7.80. The molecule has 0 atom stereocenters. The third-order valence-electron chi connectivity index (χ3n) is 5.06. The van der Waals surface area contributed by atoms with Crippen molar-refractivity contribution in [1.82, 2.24) is 14.8 Å². The highest BCUT2D eigenvalue weighted by atomic mass is 32.2. The van der Waals surface area contributed by atoms with Crippen LogP contribution in [-0.2, 0) is 16.1 Å². The van der Waals surface area contributed by atoms with Gasteiger partial charge in [-0.1, -0.05) is 11.8 Å². The second kappa shape index (κ2) is 10.7. The summed E-state index contributed by atoms with van der Waals surface area (Å²) in [7, 11) is 0. The van der Waals surface area contributed by atoms with Crippen LogP contribution in [0.2, 0.25) is 0 Å². The summed E-state index contributed by atoms with van der Waals surface area (Å²) in [5.74, 6) is -0.822. The third kappa shape index (κ3) is 5.34. The smallest absolute Gasteiger partial charge is 0.341 e. The first-order valence-electron chi connectivity index (χ1n) is 10.6. The fraction of sp³-hybridized carbons (Fsp3) is 0.409. The molecule has 182 valence electrons. The van der Waals surface area contributed by atoms with Gasteiger partial charge < -0.3 is 20.4 Å². The van der Waals surface area contributed by atoms with Crippen LogP contribution < -0.4 is 11.1 Å². The van der Waals surface area contributed by atoms with Crippen LogP contribution in [0.15, 0.2) is 10.5 Å². The number of hydrogen-bond donors (Lipinski definition) is 2. The molecule has 0 saturated carbocycles. The van der Waals surface area contributed by atoms with E-state index in [1.807, 2.05) is 11.5 Å². The predicted molar refractivity (Wildman–Crippen MR) is 136 cm³/mol. The topological polar surface area (TPSA) is 129 Å². The Morgan fingerprint density at radius 2 is 1.91 bits per heavy atom. The van der Waals surface area contributed by atoms with E-state index >= 15 is 0 Å². The van der Waals surface area contributed by atoms with Gasteiger partial charge in [0.25, 0.3) is 5.91 Å². The Bertz CT molecular complexity index is 1240. The van der Waals surface area contributed by atoms with Crippen LogP contribution in [0.5, 0.6) is 0 Å². The van der Waals surface area contributed by atoms with Crippen LogP contribution in [0.3, 0.4) is 0 Å². The van der Waals surface area contributed by atoms with Crippen molar-refractivity contribution in [3.8, 4) is 11.4 Å². The number of aryl methyl sites for hydroxylation is 1. The van der Waals surface area contributed by atoms with Gasteiger partial charge in [0, 0.05) is 22.4 Å². The molecule has 3 rings (SSSR count). The Balaban J connectivity index is 1.78. The number of primary amides is 1. The van der Waals surface area contributed by atoms with E-state index in [0.29, 0.717) is 17.3 Å². The van der Waals surface area contributed by atoms with Crippen LogP contribution >= 0.6 is 34.4 Å². The number of ether oxygens (including phenoxy) is 1. The van der Waals surface area contributed by atoms with E-state index in [4.69, 9.17) is 10.5 Å². The molecule has 0 aromatic carbocycles. The summed E-state index contributed by atoms with van der Waals surface area (Å²) in [4.78, 5) is 38.6. The molecule has 3 aromatic heterocycles. The van der Waals surface area contributed by atoms with Crippen LogP contribution in [0.25, 0.3) is 11.4 Å². The second-order valence-corrected chi connectivity index (χ2v) is 10.8. The van der Waals surface area contributed by atoms with Crippen molar-refractivity contribution < 1.29 is 19.1 Å². The van der Waals surface area contributed by atoms with Gasteiger partial charge in [0.05, 0.1) is 22.3 Å². The summed E-state index contributed by atoms with van der Waals surface area (Å²) >= 11 is 3.88. The number of thiophene rings is 2. The fourth-order valence-corrected chi connectivity index (χ4v) is 5.99. The van der Waals surface area contributed by atoms with Crippen molar-refractivity contribution in [2.75, 3.05) is 11.1 Å². The summed E-state index contributed by atoms with van der Waals surface area (Å²) in [6, 6.07) is 0. The van der Waals surface area contributed by atoms with Gasteiger partial charge in [-0.15, -0.1) is 32.9 Å². The van der Waals surface area contributed by atoms with Crippen LogP contribution in [0, 0.1) is 20.8 Å². The lowest BCUT2D eigenvalue weighted by Gasteiger charge is -2.10. The van der Waals surface area contributed by atoms with Crippen molar-refractivity contribution in [3.63, 3.8) is 0 Å². The molecule has 3 aromatic rings. The number of anilines is 1. The number of nitrogens with zero attached hydrogens (tertiary/aromatic N) is 3. The van der Waals surface area contributed by atoms with Crippen molar-refractivity contribution in [1.29, 1.82) is 0 Å². The van der Waals surface area contributed by atoms with Gasteiger partial charge in [-0.25, -0.2) is 4.79 Å². The lowest BCUT2D eigenvalue weighted by molar-refractivity contribution is -0.113. The Hall–Kier alpha value is -2.70. The zero-order valence-electron chi connectivity index (χ0n) is 19.8. The molecule has 3 heterocycles. The Kier molecular flexibility index (Phi) is 8.16. The molecule has 0 unspecified atom stereocenters. The number of hydrogen-bond acceptors (Lipinski definition) is 9. The van der Waals surface area contributed by atoms with Gasteiger partial charge in [-0.05, 0) is 52.7 Å². The normalized spacial score (nSPS) is 11.1. The number of esters is 1. The van der Waals surface area contributed by atoms with E-state index in [2.05, 4.69) is 34.7 Å². The van der Waals surface area contributed by atoms with Gasteiger partial charge in [0.1, 0.15) is 5.00 Å². The maximum atomic E-state index is 12.8. The summed E-state index contributed by atoms with van der Waals surface area (Å²) in [6.45, 7) is 11.8. The SMILES string of the molecule is CCn1c(SCC(=O)Nc2sc(C(N)=O)c(C)c2C(=O)OC(C)C)nnc1-c1csc(C)c1C. The molecular weight excluding hydrogens is 494 g/mol. The summed E-state index contributed by atoms with van der Waals surface area (Å²) in [6.07, 6.45) is -0.354. The minimum absolute atomic E-state index is 0.0430. The van der Waals surface area contributed by atoms with E-state index in [-0.39, 0.29) is 33.2 Å². The lowest BCUT2D eigenvalue weighted by atomic mass is 10.1. The molecule has 34 heavy (non-hydrogen) atoms. The fourth-order valence-electron chi connectivity index (χ4n) is 3.26. The monoisotopic (exact) mass is 521 g/mol. The number of rotatable bonds is 9. The van der Waals surface area contributed by atoms with Crippen LogP contribution in [-0.4, -0.2) is 44.4 Å². The van der Waals surface area contributed by atoms with E-state index < -0.39 is 11.9 Å². The third-order valence-corrected chi connectivity index (χ3v) is 8.26. The van der Waals surface area contributed by atoms with Gasteiger partial charge >= 0.3 is 5.97 Å². The van der Waals surface area contributed by atoms with Gasteiger partial charge in [0.2, 0.25) is 5.91 Å². The number of carbonyl (C=O) groups is 3. The molecule has 0 radical (unpaired) electrons. The van der Waals surface area contributed by atoms with Crippen molar-refractivity contribution in [2.24, 2.45) is 5.73 Å². The maximum absolute atomic E-state index is 12.8. The highest BCUT2D eigenvalue weighted by Crippen LogP contribution is 2.35. The van der Waals surface area contributed by atoms with Crippen molar-refractivity contribution >= 4 is 57.2 Å². The van der Waals surface area contributed by atoms with Gasteiger partial charge in [-0.3, -0.25) is 9.59 Å². The average Bonchev–Trinajstić information content (AvgIpc) is 3.41. The molecule has 12 heteroatoms. The van der Waals surface area contributed by atoms with Gasteiger partial charge in [0.15, 0.2) is 11.0 Å². The minimum Gasteiger partial charge on any atom is -0.459 e. The molecule has 0 aliphatic rings. The van der Waals surface area contributed by atoms with E-state index in [0.717, 1.165) is 22.7 Å². The molecule has 0 spiro atoms. The molecule has 0 aliphatic carbocycles. The molecule has 3 N–H and O–H groups in total. The molecule has 2 amide bonds. The highest BCUT2D eigenvalue weighted by Gasteiger charge is 2.26. The van der Waals surface area contributed by atoms with Crippen molar-refractivity contribution in [3.05, 3.63) is 31.8 Å². The molecule has 0 aliphatic heterocycles. The maximum Gasteiger partial charge on any atom is 0.341 e. The Labute approximate surface area is 210 Å². The molecule has 0 fully saturated rings. The summed E-state index contributed by atoms with van der Waals surface area (Å²) in [5.41, 5.74) is 8.19. The van der Waals surface area contributed by atoms with Crippen LogP contribution in [0.4, 0.5) is 5.00 Å². The predicted octanol–water partition coefficient (Wildman–Crippen LogP) is 4.41. The first-order valence-corrected chi connectivity index (χ1v) is 13.3. The summed E-state index contributed by atoms with van der Waals surface area (Å²) in [5, 5.41) is 14.3. The number of thioether (sulfide) groups is 1. The number of aromatic nitrogens is 3. The van der Waals surface area contributed by atoms with E-state index in [1.165, 1.54) is 22.2 Å². The highest BCUT2D eigenvalue weighted by molar-refractivity contribution is 7.99. The quantitative estimate of drug-likeness (QED) is 0.315. The molecule has 0 bridgehead atoms. The number of nitrogens with two attached hydrogens (primary N) is 1.